The normalized spacial score (nSPS) is 16.5. The summed E-state index contributed by atoms with van der Waals surface area (Å²) in [6, 6.07) is 10.2. The van der Waals surface area contributed by atoms with Gasteiger partial charge in [0.25, 0.3) is 0 Å². The number of para-hydroxylation sites is 1. The molecule has 0 saturated carbocycles. The highest BCUT2D eigenvalue weighted by molar-refractivity contribution is 7.98. The second-order valence-electron chi connectivity index (χ2n) is 8.61. The lowest BCUT2D eigenvalue weighted by molar-refractivity contribution is 0.122. The number of benzene rings is 1. The molecule has 2 N–H and O–H groups in total. The summed E-state index contributed by atoms with van der Waals surface area (Å²) >= 11 is 3.38. The molecule has 4 aromatic rings. The van der Waals surface area contributed by atoms with Crippen LogP contribution in [0.5, 0.6) is 0 Å². The van der Waals surface area contributed by atoms with E-state index < -0.39 is 0 Å². The number of hydrogen-bond acceptors (Lipinski definition) is 9. The fourth-order valence-electron chi connectivity index (χ4n) is 4.73. The Kier molecular flexibility index (Phi) is 6.11. The van der Waals surface area contributed by atoms with E-state index in [9.17, 15) is 0 Å². The van der Waals surface area contributed by atoms with Crippen molar-refractivity contribution in [2.24, 2.45) is 0 Å². The number of thiophene rings is 1. The zero-order valence-corrected chi connectivity index (χ0v) is 20.6. The molecule has 2 aliphatic rings. The molecule has 1 aromatic carbocycles. The highest BCUT2D eigenvalue weighted by atomic mass is 32.2. The van der Waals surface area contributed by atoms with E-state index in [2.05, 4.69) is 31.8 Å². The lowest BCUT2D eigenvalue weighted by Gasteiger charge is -2.27. The lowest BCUT2D eigenvalue weighted by Crippen LogP contribution is -2.37. The Morgan fingerprint density at radius 1 is 1.00 bits per heavy atom. The third-order valence-corrected chi connectivity index (χ3v) is 8.50. The van der Waals surface area contributed by atoms with Crippen LogP contribution in [-0.2, 0) is 23.3 Å². The van der Waals surface area contributed by atoms with Crippen LogP contribution in [-0.4, -0.2) is 51.0 Å². The van der Waals surface area contributed by atoms with Gasteiger partial charge in [-0.15, -0.1) is 21.5 Å². The highest BCUT2D eigenvalue weighted by Gasteiger charge is 2.23. The number of hydrogen-bond donors (Lipinski definition) is 1. The minimum atomic E-state index is 0.580. The lowest BCUT2D eigenvalue weighted by atomic mass is 10.1. The van der Waals surface area contributed by atoms with Crippen molar-refractivity contribution in [3.05, 3.63) is 46.6 Å². The maximum Gasteiger partial charge on any atom is 0.232 e. The Hall–Kier alpha value is -2.69. The van der Waals surface area contributed by atoms with Gasteiger partial charge in [-0.1, -0.05) is 36.4 Å². The Morgan fingerprint density at radius 2 is 1.82 bits per heavy atom. The van der Waals surface area contributed by atoms with Crippen molar-refractivity contribution >= 4 is 45.1 Å². The van der Waals surface area contributed by atoms with Gasteiger partial charge in [0.15, 0.2) is 5.16 Å². The summed E-state index contributed by atoms with van der Waals surface area (Å²) in [4.78, 5) is 14.3. The minimum absolute atomic E-state index is 0.580. The number of nitrogen functional groups attached to an aromatic ring is 1. The first-order chi connectivity index (χ1) is 16.8. The van der Waals surface area contributed by atoms with Gasteiger partial charge in [-0.25, -0.2) is 9.97 Å². The fraction of sp³-hybridized carbons (Fsp3) is 0.417. The molecular weight excluding hydrogens is 466 g/mol. The van der Waals surface area contributed by atoms with Crippen molar-refractivity contribution in [1.82, 2.24) is 24.7 Å². The van der Waals surface area contributed by atoms with Crippen molar-refractivity contribution < 1.29 is 4.74 Å². The van der Waals surface area contributed by atoms with Gasteiger partial charge in [0.2, 0.25) is 5.95 Å². The quantitative estimate of drug-likeness (QED) is 0.326. The number of fused-ring (bicyclic) bond motifs is 3. The maximum absolute atomic E-state index is 6.46. The number of aryl methyl sites for hydroxylation is 2. The Morgan fingerprint density at radius 3 is 2.68 bits per heavy atom. The average Bonchev–Trinajstić information content (AvgIpc) is 3.38. The standard InChI is InChI=1S/C24H27N7OS2/c25-21-20-17-9-5-2-6-10-18(17)34-22(20)27-19(26-21)15-33-24-29-28-23(30-11-13-32-14-12-30)31(24)16-7-3-1-4-8-16/h1,3-4,7-8H,2,5-6,9-15H2,(H2,25,26,27). The van der Waals surface area contributed by atoms with Crippen LogP contribution in [0.2, 0.25) is 0 Å². The van der Waals surface area contributed by atoms with Crippen molar-refractivity contribution in [2.75, 3.05) is 36.9 Å². The van der Waals surface area contributed by atoms with Gasteiger partial charge in [-0.3, -0.25) is 4.57 Å². The zero-order chi connectivity index (χ0) is 22.9. The van der Waals surface area contributed by atoms with Gasteiger partial charge >= 0.3 is 0 Å². The summed E-state index contributed by atoms with van der Waals surface area (Å²) in [7, 11) is 0. The van der Waals surface area contributed by atoms with E-state index in [1.807, 2.05) is 18.2 Å². The van der Waals surface area contributed by atoms with Gasteiger partial charge in [0.05, 0.1) is 30.0 Å². The van der Waals surface area contributed by atoms with Crippen molar-refractivity contribution in [2.45, 2.75) is 43.0 Å². The largest absolute Gasteiger partial charge is 0.383 e. The molecule has 10 heteroatoms. The molecule has 0 amide bonds. The molecule has 1 aliphatic carbocycles. The van der Waals surface area contributed by atoms with Crippen LogP contribution in [0.15, 0.2) is 35.5 Å². The molecule has 0 spiro atoms. The molecule has 0 atom stereocenters. The van der Waals surface area contributed by atoms with Gasteiger partial charge in [0, 0.05) is 18.0 Å². The number of morpholine rings is 1. The molecule has 6 rings (SSSR count). The summed E-state index contributed by atoms with van der Waals surface area (Å²) in [5.41, 5.74) is 8.88. The smallest absolute Gasteiger partial charge is 0.232 e. The average molecular weight is 494 g/mol. The van der Waals surface area contributed by atoms with E-state index in [1.54, 1.807) is 23.1 Å². The van der Waals surface area contributed by atoms with Crippen LogP contribution >= 0.6 is 23.1 Å². The number of anilines is 2. The monoisotopic (exact) mass is 493 g/mol. The van der Waals surface area contributed by atoms with Gasteiger partial charge in [0.1, 0.15) is 16.5 Å². The second-order valence-corrected chi connectivity index (χ2v) is 10.6. The Labute approximate surface area is 206 Å². The van der Waals surface area contributed by atoms with Crippen LogP contribution in [0.3, 0.4) is 0 Å². The molecule has 0 radical (unpaired) electrons. The molecule has 0 bridgehead atoms. The van der Waals surface area contributed by atoms with Crippen molar-refractivity contribution in [1.29, 1.82) is 0 Å². The molecule has 34 heavy (non-hydrogen) atoms. The first-order valence-corrected chi connectivity index (χ1v) is 13.6. The van der Waals surface area contributed by atoms with E-state index >= 15 is 0 Å². The molecule has 8 nitrogen and oxygen atoms in total. The topological polar surface area (TPSA) is 95.0 Å². The van der Waals surface area contributed by atoms with Gasteiger partial charge < -0.3 is 15.4 Å². The number of nitrogens with zero attached hydrogens (tertiary/aromatic N) is 6. The summed E-state index contributed by atoms with van der Waals surface area (Å²) in [5, 5.41) is 11.0. The first-order valence-electron chi connectivity index (χ1n) is 11.8. The summed E-state index contributed by atoms with van der Waals surface area (Å²) in [6.07, 6.45) is 5.96. The molecular formula is C24H27N7OS2. The summed E-state index contributed by atoms with van der Waals surface area (Å²) in [5.74, 6) is 2.77. The molecule has 1 aliphatic heterocycles. The number of ether oxygens (including phenoxy) is 1. The van der Waals surface area contributed by atoms with Gasteiger partial charge in [-0.2, -0.15) is 0 Å². The van der Waals surface area contributed by atoms with E-state index in [-0.39, 0.29) is 0 Å². The first kappa shape index (κ1) is 21.8. The molecule has 4 heterocycles. The van der Waals surface area contributed by atoms with E-state index in [0.717, 1.165) is 58.8 Å². The van der Waals surface area contributed by atoms with E-state index in [0.29, 0.717) is 24.8 Å². The third-order valence-electron chi connectivity index (χ3n) is 6.39. The van der Waals surface area contributed by atoms with Crippen LogP contribution in [0.25, 0.3) is 15.9 Å². The molecule has 3 aromatic heterocycles. The number of rotatable bonds is 5. The Bertz CT molecular complexity index is 1300. The van der Waals surface area contributed by atoms with Crippen molar-refractivity contribution in [3.8, 4) is 5.69 Å². The minimum Gasteiger partial charge on any atom is -0.383 e. The van der Waals surface area contributed by atoms with Crippen LogP contribution in [0.4, 0.5) is 11.8 Å². The van der Waals surface area contributed by atoms with E-state index in [1.165, 1.54) is 29.7 Å². The second kappa shape index (κ2) is 9.52. The summed E-state index contributed by atoms with van der Waals surface area (Å²) in [6.45, 7) is 2.99. The highest BCUT2D eigenvalue weighted by Crippen LogP contribution is 2.38. The van der Waals surface area contributed by atoms with Crippen molar-refractivity contribution in [3.63, 3.8) is 0 Å². The fourth-order valence-corrected chi connectivity index (χ4v) is 6.82. The van der Waals surface area contributed by atoms with Gasteiger partial charge in [-0.05, 0) is 43.4 Å². The number of nitrogens with two attached hydrogens (primary N) is 1. The maximum atomic E-state index is 6.46. The number of aromatic nitrogens is 5. The predicted octanol–water partition coefficient (Wildman–Crippen LogP) is 4.25. The molecule has 176 valence electrons. The molecule has 0 unspecified atom stereocenters. The molecule has 1 fully saturated rings. The SMILES string of the molecule is Nc1nc(CSc2nnc(N3CCOCC3)n2-c2ccccc2)nc2sc3c(c12)CCCCC3. The van der Waals surface area contributed by atoms with Crippen LogP contribution < -0.4 is 10.6 Å². The Balaban J connectivity index is 1.30. The third kappa shape index (κ3) is 4.14. The molecule has 1 saturated heterocycles. The predicted molar refractivity (Wildman–Crippen MR) is 137 cm³/mol. The number of thioether (sulfide) groups is 1. The zero-order valence-electron chi connectivity index (χ0n) is 18.9. The summed E-state index contributed by atoms with van der Waals surface area (Å²) < 4.78 is 7.65. The van der Waals surface area contributed by atoms with Crippen LogP contribution in [0.1, 0.15) is 35.5 Å². The van der Waals surface area contributed by atoms with E-state index in [4.69, 9.17) is 20.4 Å². The van der Waals surface area contributed by atoms with Crippen LogP contribution in [0, 0.1) is 0 Å².